The molecule has 6 amide bonds. The van der Waals surface area contributed by atoms with Crippen LogP contribution in [0, 0.1) is 0 Å². The average molecular weight is 1290 g/mol. The summed E-state index contributed by atoms with van der Waals surface area (Å²) in [6.45, 7) is 37.7. The number of rotatable bonds is 6. The number of ether oxygens (including phenoxy) is 7. The van der Waals surface area contributed by atoms with Gasteiger partial charge in [0.1, 0.15) is 38.2 Å². The van der Waals surface area contributed by atoms with E-state index in [4.69, 9.17) is 33.2 Å². The third-order valence-electron chi connectivity index (χ3n) is 12.5. The molecule has 0 spiro atoms. The predicted molar refractivity (Wildman–Crippen MR) is 327 cm³/mol. The Morgan fingerprint density at radius 2 is 0.614 bits per heavy atom. The lowest BCUT2D eigenvalue weighted by Crippen LogP contribution is -2.47. The van der Waals surface area contributed by atoms with Gasteiger partial charge in [0.15, 0.2) is 0 Å². The molecule has 0 atom stereocenters. The number of nitrogens with zero attached hydrogens (tertiary/aromatic N) is 8. The topological polar surface area (TPSA) is 210 Å². The number of hydrogen-bond donors (Lipinski definition) is 0. The lowest BCUT2D eigenvalue weighted by Gasteiger charge is -2.34. The fourth-order valence-electron chi connectivity index (χ4n) is 8.82. The summed E-state index contributed by atoms with van der Waals surface area (Å²) in [5.74, 6) is -0.509. The second-order valence-electron chi connectivity index (χ2n) is 27.3. The zero-order valence-corrected chi connectivity index (χ0v) is 55.8. The van der Waals surface area contributed by atoms with Crippen LogP contribution >= 0.6 is 22.6 Å². The van der Waals surface area contributed by atoms with Crippen molar-refractivity contribution in [1.82, 2.24) is 39.2 Å². The fraction of sp³-hybridized carbons (Fsp3) is 0.783. The quantitative estimate of drug-likeness (QED) is 0.112. The zero-order chi connectivity index (χ0) is 62.7. The van der Waals surface area contributed by atoms with Crippen molar-refractivity contribution in [2.75, 3.05) is 109 Å². The molecule has 0 bridgehead atoms. The first kappa shape index (κ1) is 72.2. The molecule has 2 aliphatic rings. The molecular weight excluding hydrogens is 1180 g/mol. The van der Waals surface area contributed by atoms with E-state index in [1.807, 2.05) is 103 Å². The lowest BCUT2D eigenvalue weighted by atomic mass is 10.0. The molecule has 22 nitrogen and oxygen atoms in total. The van der Waals surface area contributed by atoms with Gasteiger partial charge < -0.3 is 62.6 Å². The molecule has 23 heteroatoms. The molecule has 0 aliphatic carbocycles. The number of esters is 1. The summed E-state index contributed by atoms with van der Waals surface area (Å²) in [7, 11) is 0. The zero-order valence-electron chi connectivity index (χ0n) is 53.7. The predicted octanol–water partition coefficient (Wildman–Crippen LogP) is 10.9. The Kier molecular flexibility index (Phi) is 27.8. The van der Waals surface area contributed by atoms with Gasteiger partial charge in [0.05, 0.1) is 5.56 Å². The first-order chi connectivity index (χ1) is 38.2. The van der Waals surface area contributed by atoms with Gasteiger partial charge in [-0.15, -0.1) is 0 Å². The maximum Gasteiger partial charge on any atom is 0.410 e. The van der Waals surface area contributed by atoms with Gasteiger partial charge in [0, 0.05) is 118 Å². The third-order valence-corrected chi connectivity index (χ3v) is 12.8. The molecule has 1 aromatic rings. The Hall–Kier alpha value is -5.04. The Labute approximate surface area is 509 Å². The van der Waals surface area contributed by atoms with Crippen LogP contribution in [0.2, 0.25) is 0 Å². The number of halogens is 1. The highest BCUT2D eigenvalue weighted by atomic mass is 127. The summed E-state index contributed by atoms with van der Waals surface area (Å²) in [4.78, 5) is 110. The first-order valence-corrected chi connectivity index (χ1v) is 30.9. The van der Waals surface area contributed by atoms with Crippen LogP contribution in [0.1, 0.15) is 172 Å². The van der Waals surface area contributed by atoms with E-state index >= 15 is 0 Å². The minimum atomic E-state index is -0.771. The number of carbonyl (C=O) groups excluding carboxylic acids is 7. The van der Waals surface area contributed by atoms with E-state index < -0.39 is 76.1 Å². The molecule has 83 heavy (non-hydrogen) atoms. The molecule has 2 fully saturated rings. The normalized spacial score (nSPS) is 17.6. The summed E-state index contributed by atoms with van der Waals surface area (Å²) < 4.78 is 40.8. The standard InChI is InChI=1S/C60H103IN8O14/c1-55(2,3)78-49(71)64-29-21-31-68(53(75)82-59(13,14)15)39-37-66(51(73)80-57(7,8)9)27-19-25-62(33-35-64)42-45-23-24-46(47(41-45)48(70)77-44-61)43-63-26-20-28-67(52(74)81-58(10,11)12)38-40-69(54(76)83-60(16,17)18)32-22-30-65(36-34-63)50(72)79-56(4,5)6/h23-24,41H,19-22,25-40,42-44H2,1-18H3. The molecule has 0 N–H and O–H groups in total. The average Bonchev–Trinajstić information content (AvgIpc) is 3.32. The number of hydrogen-bond acceptors (Lipinski definition) is 16. The van der Waals surface area contributed by atoms with Gasteiger partial charge in [-0.1, -0.05) is 12.1 Å². The molecule has 1 aromatic carbocycles. The summed E-state index contributed by atoms with van der Waals surface area (Å²) >= 11 is 2.00. The Morgan fingerprint density at radius 1 is 0.361 bits per heavy atom. The largest absolute Gasteiger partial charge is 0.451 e. The summed E-state index contributed by atoms with van der Waals surface area (Å²) in [6.07, 6.45) is -1.26. The summed E-state index contributed by atoms with van der Waals surface area (Å²) in [5.41, 5.74) is -2.72. The van der Waals surface area contributed by atoms with Crippen molar-refractivity contribution in [1.29, 1.82) is 0 Å². The van der Waals surface area contributed by atoms with Gasteiger partial charge in [-0.2, -0.15) is 0 Å². The first-order valence-electron chi connectivity index (χ1n) is 29.4. The van der Waals surface area contributed by atoms with E-state index in [1.54, 1.807) is 91.7 Å². The SMILES string of the molecule is CC(C)(C)OC(=O)N1CCCN(C(=O)OC(C)(C)C)CCN(C(=O)OC(C)(C)C)CCCN(Cc2ccc(CN3CCCN(C(=O)OC(C)(C)C)CCN(C(=O)OC(C)(C)C)CCCN(C(=O)OC(C)(C)C)CC3)c(C(=O)OCI)c2)CC1. The minimum absolute atomic E-state index is 0.108. The Morgan fingerprint density at radius 3 is 0.880 bits per heavy atom. The second kappa shape index (κ2) is 31.9. The summed E-state index contributed by atoms with van der Waals surface area (Å²) in [5, 5.41) is 0. The van der Waals surface area contributed by atoms with Crippen molar-refractivity contribution in [3.63, 3.8) is 0 Å². The van der Waals surface area contributed by atoms with E-state index in [0.717, 1.165) is 5.56 Å². The number of benzene rings is 1. The van der Waals surface area contributed by atoms with Crippen LogP contribution in [0.5, 0.6) is 0 Å². The van der Waals surface area contributed by atoms with Crippen LogP contribution < -0.4 is 0 Å². The fourth-order valence-corrected chi connectivity index (χ4v) is 9.11. The van der Waals surface area contributed by atoms with E-state index in [9.17, 15) is 33.6 Å². The van der Waals surface area contributed by atoms with E-state index in [2.05, 4.69) is 9.80 Å². The lowest BCUT2D eigenvalue weighted by molar-refractivity contribution is 0.00992. The van der Waals surface area contributed by atoms with Crippen molar-refractivity contribution < 1.29 is 66.7 Å². The molecular formula is C60H103IN8O14. The number of alkyl halides is 1. The van der Waals surface area contributed by atoms with Crippen molar-refractivity contribution >= 4 is 65.1 Å². The smallest absolute Gasteiger partial charge is 0.410 e. The minimum Gasteiger partial charge on any atom is -0.451 e. The Bertz CT molecular complexity index is 2280. The van der Waals surface area contributed by atoms with E-state index in [-0.39, 0.29) is 83.2 Å². The van der Waals surface area contributed by atoms with Gasteiger partial charge >= 0.3 is 42.5 Å². The molecule has 3 rings (SSSR count). The number of carbonyl (C=O) groups is 7. The molecule has 0 aromatic heterocycles. The van der Waals surface area contributed by atoms with Crippen molar-refractivity contribution in [2.24, 2.45) is 0 Å². The Balaban J connectivity index is 2.08. The van der Waals surface area contributed by atoms with Crippen LogP contribution in [0.25, 0.3) is 0 Å². The van der Waals surface area contributed by atoms with Crippen molar-refractivity contribution in [3.05, 3.63) is 34.9 Å². The molecule has 474 valence electrons. The van der Waals surface area contributed by atoms with Crippen LogP contribution in [0.3, 0.4) is 0 Å². The van der Waals surface area contributed by atoms with Crippen LogP contribution in [-0.4, -0.2) is 225 Å². The number of amides is 6. The third kappa shape index (κ3) is 29.6. The molecule has 2 aliphatic heterocycles. The second-order valence-corrected chi connectivity index (χ2v) is 27.9. The van der Waals surface area contributed by atoms with Crippen LogP contribution in [0.4, 0.5) is 28.8 Å². The molecule has 0 saturated carbocycles. The van der Waals surface area contributed by atoms with Crippen molar-refractivity contribution in [2.45, 2.75) is 197 Å². The van der Waals surface area contributed by atoms with Gasteiger partial charge in [-0.05, 0) is 190 Å². The van der Waals surface area contributed by atoms with Crippen LogP contribution in [-0.2, 0) is 46.2 Å². The molecule has 2 saturated heterocycles. The monoisotopic (exact) mass is 1290 g/mol. The van der Waals surface area contributed by atoms with Crippen molar-refractivity contribution in [3.8, 4) is 0 Å². The maximum atomic E-state index is 14.1. The van der Waals surface area contributed by atoms with Gasteiger partial charge in [-0.3, -0.25) is 9.80 Å². The van der Waals surface area contributed by atoms with Gasteiger partial charge in [0.25, 0.3) is 0 Å². The highest BCUT2D eigenvalue weighted by Gasteiger charge is 2.32. The maximum absolute atomic E-state index is 14.1. The molecule has 2 heterocycles. The molecule has 0 unspecified atom stereocenters. The van der Waals surface area contributed by atoms with E-state index in [0.29, 0.717) is 76.1 Å². The molecule has 0 radical (unpaired) electrons. The van der Waals surface area contributed by atoms with E-state index in [1.165, 1.54) is 0 Å². The van der Waals surface area contributed by atoms with Gasteiger partial charge in [0.2, 0.25) is 0 Å². The highest BCUT2D eigenvalue weighted by molar-refractivity contribution is 14.1. The van der Waals surface area contributed by atoms with Crippen LogP contribution in [0.15, 0.2) is 18.2 Å². The highest BCUT2D eigenvalue weighted by Crippen LogP contribution is 2.22. The van der Waals surface area contributed by atoms with Gasteiger partial charge in [-0.25, -0.2) is 33.6 Å². The summed E-state index contributed by atoms with van der Waals surface area (Å²) in [6, 6.07) is 5.74.